The monoisotopic (exact) mass is 276 g/mol. The number of nitrogens with one attached hydrogen (secondary N) is 1. The van der Waals surface area contributed by atoms with Crippen LogP contribution >= 0.6 is 0 Å². The third-order valence-electron chi connectivity index (χ3n) is 2.38. The number of amides is 1. The Bertz CT molecular complexity index is 436. The SMILES string of the molecule is CN(CCC(F)(F)F)Cc1cccc(C(=O)NN)n1. The zero-order chi connectivity index (χ0) is 14.5. The topological polar surface area (TPSA) is 71.2 Å². The van der Waals surface area contributed by atoms with E-state index in [9.17, 15) is 18.0 Å². The first-order chi connectivity index (χ1) is 8.81. The number of nitrogens with zero attached hydrogens (tertiary/aromatic N) is 2. The van der Waals surface area contributed by atoms with Gasteiger partial charge in [0.15, 0.2) is 0 Å². The van der Waals surface area contributed by atoms with E-state index in [1.165, 1.54) is 11.0 Å². The Kier molecular flexibility index (Phi) is 5.25. The van der Waals surface area contributed by atoms with Gasteiger partial charge in [0, 0.05) is 13.1 Å². The van der Waals surface area contributed by atoms with Crippen LogP contribution in [0.5, 0.6) is 0 Å². The molecule has 3 N–H and O–H groups in total. The summed E-state index contributed by atoms with van der Waals surface area (Å²) < 4.78 is 36.2. The fourth-order valence-corrected chi connectivity index (χ4v) is 1.44. The molecule has 5 nitrogen and oxygen atoms in total. The van der Waals surface area contributed by atoms with Crippen LogP contribution in [0.2, 0.25) is 0 Å². The first-order valence-corrected chi connectivity index (χ1v) is 5.54. The first kappa shape index (κ1) is 15.4. The molecule has 0 aliphatic heterocycles. The summed E-state index contributed by atoms with van der Waals surface area (Å²) in [4.78, 5) is 16.7. The Morgan fingerprint density at radius 1 is 1.47 bits per heavy atom. The Morgan fingerprint density at radius 2 is 2.16 bits per heavy atom. The minimum Gasteiger partial charge on any atom is -0.300 e. The molecule has 0 atom stereocenters. The van der Waals surface area contributed by atoms with Crippen molar-refractivity contribution < 1.29 is 18.0 Å². The molecule has 0 aliphatic carbocycles. The van der Waals surface area contributed by atoms with Crippen LogP contribution in [0.3, 0.4) is 0 Å². The van der Waals surface area contributed by atoms with Crippen LogP contribution in [0, 0.1) is 0 Å². The van der Waals surface area contributed by atoms with Gasteiger partial charge in [0.25, 0.3) is 5.91 Å². The number of aromatic nitrogens is 1. The van der Waals surface area contributed by atoms with E-state index in [1.807, 2.05) is 5.43 Å². The average molecular weight is 276 g/mol. The minimum atomic E-state index is -4.18. The summed E-state index contributed by atoms with van der Waals surface area (Å²) in [5.74, 6) is 4.43. The van der Waals surface area contributed by atoms with E-state index in [-0.39, 0.29) is 18.8 Å². The number of alkyl halides is 3. The fourth-order valence-electron chi connectivity index (χ4n) is 1.44. The van der Waals surface area contributed by atoms with Gasteiger partial charge in [-0.25, -0.2) is 10.8 Å². The van der Waals surface area contributed by atoms with Gasteiger partial charge in [0.05, 0.1) is 12.1 Å². The maximum absolute atomic E-state index is 12.1. The molecule has 0 saturated carbocycles. The van der Waals surface area contributed by atoms with Gasteiger partial charge in [-0.15, -0.1) is 0 Å². The molecular formula is C11H15F3N4O. The average Bonchev–Trinajstić information content (AvgIpc) is 2.35. The highest BCUT2D eigenvalue weighted by atomic mass is 19.4. The first-order valence-electron chi connectivity index (χ1n) is 5.54. The van der Waals surface area contributed by atoms with Gasteiger partial charge < -0.3 is 4.90 Å². The molecule has 0 bridgehead atoms. The molecule has 0 aliphatic rings. The van der Waals surface area contributed by atoms with Crippen LogP contribution in [0.15, 0.2) is 18.2 Å². The van der Waals surface area contributed by atoms with Gasteiger partial charge in [-0.05, 0) is 19.2 Å². The number of pyridine rings is 1. The molecule has 8 heteroatoms. The summed E-state index contributed by atoms with van der Waals surface area (Å²) >= 11 is 0. The van der Waals surface area contributed by atoms with E-state index < -0.39 is 18.5 Å². The number of nitrogen functional groups attached to an aromatic ring is 1. The Hall–Kier alpha value is -1.67. The number of hydrogen-bond acceptors (Lipinski definition) is 4. The molecule has 1 rings (SSSR count). The van der Waals surface area contributed by atoms with Gasteiger partial charge in [-0.2, -0.15) is 13.2 Å². The summed E-state index contributed by atoms with van der Waals surface area (Å²) in [6.45, 7) is 0.0975. The van der Waals surface area contributed by atoms with Crippen molar-refractivity contribution in [3.63, 3.8) is 0 Å². The number of carbonyl (C=O) groups is 1. The van der Waals surface area contributed by atoms with Crippen LogP contribution in [0.1, 0.15) is 22.6 Å². The minimum absolute atomic E-state index is 0.126. The molecular weight excluding hydrogens is 261 g/mol. The number of nitrogens with two attached hydrogens (primary N) is 1. The molecule has 0 saturated heterocycles. The lowest BCUT2D eigenvalue weighted by molar-refractivity contribution is -0.137. The van der Waals surface area contributed by atoms with Crippen LogP contribution in [0.4, 0.5) is 13.2 Å². The lowest BCUT2D eigenvalue weighted by Gasteiger charge is -2.17. The maximum Gasteiger partial charge on any atom is 0.390 e. The quantitative estimate of drug-likeness (QED) is 0.479. The highest BCUT2D eigenvalue weighted by Gasteiger charge is 2.27. The normalized spacial score (nSPS) is 11.7. The Balaban J connectivity index is 2.59. The van der Waals surface area contributed by atoms with E-state index in [0.29, 0.717) is 5.69 Å². The highest BCUT2D eigenvalue weighted by Crippen LogP contribution is 2.19. The van der Waals surface area contributed by atoms with E-state index in [2.05, 4.69) is 4.98 Å². The molecule has 19 heavy (non-hydrogen) atoms. The second-order valence-electron chi connectivity index (χ2n) is 4.09. The van der Waals surface area contributed by atoms with Gasteiger partial charge >= 0.3 is 6.18 Å². The van der Waals surface area contributed by atoms with E-state index in [4.69, 9.17) is 5.84 Å². The molecule has 1 heterocycles. The summed E-state index contributed by atoms with van der Waals surface area (Å²) in [7, 11) is 1.56. The summed E-state index contributed by atoms with van der Waals surface area (Å²) in [5.41, 5.74) is 2.58. The highest BCUT2D eigenvalue weighted by molar-refractivity contribution is 5.91. The van der Waals surface area contributed by atoms with Crippen LogP contribution < -0.4 is 11.3 Å². The molecule has 106 valence electrons. The zero-order valence-corrected chi connectivity index (χ0v) is 10.4. The molecule has 1 amide bonds. The predicted molar refractivity (Wildman–Crippen MR) is 62.9 cm³/mol. The van der Waals surface area contributed by atoms with Crippen molar-refractivity contribution in [3.05, 3.63) is 29.6 Å². The molecule has 0 spiro atoms. The standard InChI is InChI=1S/C11H15F3N4O/c1-18(6-5-11(12,13)14)7-8-3-2-4-9(16-8)10(19)17-15/h2-4H,5-7,15H2,1H3,(H,17,19). The number of rotatable bonds is 5. The summed E-state index contributed by atoms with van der Waals surface area (Å²) in [6.07, 6.45) is -5.06. The van der Waals surface area contributed by atoms with E-state index in [0.717, 1.165) is 0 Å². The van der Waals surface area contributed by atoms with Crippen molar-refractivity contribution in [2.45, 2.75) is 19.1 Å². The summed E-state index contributed by atoms with van der Waals surface area (Å²) in [6, 6.07) is 4.71. The lowest BCUT2D eigenvalue weighted by Crippen LogP contribution is -2.31. The van der Waals surface area contributed by atoms with Crippen LogP contribution in [0.25, 0.3) is 0 Å². The van der Waals surface area contributed by atoms with Crippen molar-refractivity contribution in [2.75, 3.05) is 13.6 Å². The molecule has 1 aromatic rings. The second kappa shape index (κ2) is 6.48. The van der Waals surface area contributed by atoms with E-state index >= 15 is 0 Å². The Labute approximate surface area is 108 Å². The third-order valence-corrected chi connectivity index (χ3v) is 2.38. The van der Waals surface area contributed by atoms with Gasteiger partial charge in [0.1, 0.15) is 5.69 Å². The molecule has 1 aromatic heterocycles. The smallest absolute Gasteiger partial charge is 0.300 e. The number of hydrogen-bond donors (Lipinski definition) is 2. The van der Waals surface area contributed by atoms with Crippen molar-refractivity contribution in [1.29, 1.82) is 0 Å². The van der Waals surface area contributed by atoms with Crippen molar-refractivity contribution >= 4 is 5.91 Å². The number of carbonyl (C=O) groups excluding carboxylic acids is 1. The van der Waals surface area contributed by atoms with Gasteiger partial charge in [-0.3, -0.25) is 10.2 Å². The molecule has 0 fully saturated rings. The molecule has 0 unspecified atom stereocenters. The van der Waals surface area contributed by atoms with Crippen molar-refractivity contribution in [1.82, 2.24) is 15.3 Å². The second-order valence-corrected chi connectivity index (χ2v) is 4.09. The number of hydrazine groups is 1. The van der Waals surface area contributed by atoms with Gasteiger partial charge in [-0.1, -0.05) is 6.07 Å². The van der Waals surface area contributed by atoms with Crippen molar-refractivity contribution in [3.8, 4) is 0 Å². The lowest BCUT2D eigenvalue weighted by atomic mass is 10.2. The summed E-state index contributed by atoms with van der Waals surface area (Å²) in [5, 5.41) is 0. The predicted octanol–water partition coefficient (Wildman–Crippen LogP) is 1.07. The molecule has 0 radical (unpaired) electrons. The fraction of sp³-hybridized carbons (Fsp3) is 0.455. The van der Waals surface area contributed by atoms with Crippen molar-refractivity contribution in [2.24, 2.45) is 5.84 Å². The number of halogens is 3. The van der Waals surface area contributed by atoms with E-state index in [1.54, 1.807) is 19.2 Å². The van der Waals surface area contributed by atoms with Crippen LogP contribution in [-0.2, 0) is 6.54 Å². The molecule has 0 aromatic carbocycles. The zero-order valence-electron chi connectivity index (χ0n) is 10.4. The largest absolute Gasteiger partial charge is 0.390 e. The van der Waals surface area contributed by atoms with Crippen LogP contribution in [-0.4, -0.2) is 35.6 Å². The maximum atomic E-state index is 12.1. The Morgan fingerprint density at radius 3 is 2.74 bits per heavy atom. The van der Waals surface area contributed by atoms with Gasteiger partial charge in [0.2, 0.25) is 0 Å². The third kappa shape index (κ3) is 5.66.